The Morgan fingerprint density at radius 2 is 0.903 bits per heavy atom. The van der Waals surface area contributed by atoms with Gasteiger partial charge in [0.2, 0.25) is 0 Å². The van der Waals surface area contributed by atoms with Crippen LogP contribution in [0.2, 0.25) is 0 Å². The van der Waals surface area contributed by atoms with Gasteiger partial charge in [0.1, 0.15) is 24.1 Å². The quantitative estimate of drug-likeness (QED) is 0.0449. The Kier molecular flexibility index (Phi) is 60.6. The van der Waals surface area contributed by atoms with Crippen LogP contribution in [0, 0.1) is 0 Å². The van der Waals surface area contributed by atoms with Gasteiger partial charge in [-0.1, -0.05) is 32.9 Å². The summed E-state index contributed by atoms with van der Waals surface area (Å²) >= 11 is 16.3. The molecule has 0 saturated carbocycles. The van der Waals surface area contributed by atoms with Gasteiger partial charge in [0.15, 0.2) is 11.6 Å². The second-order valence-electron chi connectivity index (χ2n) is 16.1. The lowest BCUT2D eigenvalue weighted by atomic mass is 10.2. The van der Waals surface area contributed by atoms with Crippen molar-refractivity contribution in [3.63, 3.8) is 0 Å². The molecule has 22 heteroatoms. The van der Waals surface area contributed by atoms with Gasteiger partial charge >= 0.3 is 0 Å². The molecule has 0 spiro atoms. The molecule has 3 rings (SSSR count). The van der Waals surface area contributed by atoms with Crippen molar-refractivity contribution in [2.75, 3.05) is 184 Å². The Balaban J connectivity index is -0.000000810. The van der Waals surface area contributed by atoms with E-state index in [1.165, 1.54) is 0 Å². The Bertz CT molecular complexity index is 1130. The molecule has 0 radical (unpaired) electrons. The predicted molar refractivity (Wildman–Crippen MR) is 280 cm³/mol. The van der Waals surface area contributed by atoms with Gasteiger partial charge in [0.25, 0.3) is 0 Å². The lowest BCUT2D eigenvalue weighted by molar-refractivity contribution is -0.145. The molecular formula is C50H97Cl3O19. The lowest BCUT2D eigenvalue weighted by Gasteiger charge is -2.17. The normalized spacial score (nSPS) is 16.6. The molecule has 1 aromatic carbocycles. The molecule has 0 bridgehead atoms. The SMILES string of the molecule is CC1(C)OC[C@H](CO)O1.CCCOCCOCCCl.CCCOCCOCCOC[C@H](O)CO.CCCOCCOCCOC[C@H]1COC(C)(C)O1.COc1ccc(CCl)cc1.OCCOCCOCCCl. The zero-order chi connectivity index (χ0) is 54.2. The number of alkyl halides is 3. The molecule has 2 fully saturated rings. The molecule has 3 atom stereocenters. The standard InChI is InChI=1S/C13H26O5.C10H22O5.C8H9ClO.C7H15ClO2.C6H13ClO3.C6H12O3/c1-4-5-14-6-7-15-8-9-16-10-12-11-17-13(2,3)18-12;1-2-3-13-4-5-14-6-7-15-9-10(12)8-11;1-10-8-4-2-7(6-9)3-5-8;1-2-4-9-6-7-10-5-3-8;7-1-3-9-5-6-10-4-2-8;1-6(2)8-4-5(3-7)9-6/h12H,4-11H2,1-3H3;10-12H,2-9H2,1H3;2-5H,6H2,1H3;2-7H2,1H3;8H,1-6H2;5,7H,3-4H2,1-2H3/t12-;10-;;;;5-/m01...0/s1. The number of rotatable bonds is 38. The molecule has 0 amide bonds. The molecule has 432 valence electrons. The third-order valence-electron chi connectivity index (χ3n) is 8.43. The van der Waals surface area contributed by atoms with Crippen LogP contribution in [-0.2, 0) is 72.2 Å². The topological polar surface area (TPSA) is 219 Å². The van der Waals surface area contributed by atoms with Crippen molar-refractivity contribution in [3.05, 3.63) is 29.8 Å². The molecule has 0 unspecified atom stereocenters. The number of aliphatic hydroxyl groups excluding tert-OH is 4. The molecular weight excluding hydrogens is 1010 g/mol. The highest BCUT2D eigenvalue weighted by molar-refractivity contribution is 6.18. The molecule has 2 saturated heterocycles. The zero-order valence-corrected chi connectivity index (χ0v) is 47.3. The highest BCUT2D eigenvalue weighted by Crippen LogP contribution is 2.22. The van der Waals surface area contributed by atoms with Gasteiger partial charge in [-0.05, 0) is 64.7 Å². The Labute approximate surface area is 447 Å². The summed E-state index contributed by atoms with van der Waals surface area (Å²) in [5, 5.41) is 34.3. The van der Waals surface area contributed by atoms with Crippen molar-refractivity contribution in [2.45, 2.75) is 103 Å². The summed E-state index contributed by atoms with van der Waals surface area (Å²) in [6.07, 6.45) is 2.24. The van der Waals surface area contributed by atoms with Gasteiger partial charge in [-0.15, -0.1) is 34.8 Å². The van der Waals surface area contributed by atoms with Crippen molar-refractivity contribution in [2.24, 2.45) is 0 Å². The van der Waals surface area contributed by atoms with Gasteiger partial charge in [-0.3, -0.25) is 0 Å². The van der Waals surface area contributed by atoms with Crippen LogP contribution in [0.5, 0.6) is 5.75 Å². The number of hydrogen-bond donors (Lipinski definition) is 4. The second kappa shape index (κ2) is 57.9. The fourth-order valence-corrected chi connectivity index (χ4v) is 5.43. The van der Waals surface area contributed by atoms with Gasteiger partial charge in [-0.2, -0.15) is 0 Å². The summed E-state index contributed by atoms with van der Waals surface area (Å²) < 4.78 is 78.1. The zero-order valence-electron chi connectivity index (χ0n) is 45.0. The van der Waals surface area contributed by atoms with Gasteiger partial charge in [-0.25, -0.2) is 0 Å². The molecule has 2 aliphatic rings. The van der Waals surface area contributed by atoms with Crippen LogP contribution in [0.15, 0.2) is 24.3 Å². The minimum Gasteiger partial charge on any atom is -0.497 e. The van der Waals surface area contributed by atoms with E-state index in [0.29, 0.717) is 137 Å². The third-order valence-corrected chi connectivity index (χ3v) is 9.05. The Hall–Kier alpha value is -0.830. The number of halogens is 3. The summed E-state index contributed by atoms with van der Waals surface area (Å²) in [5.41, 5.74) is 1.11. The van der Waals surface area contributed by atoms with Crippen molar-refractivity contribution in [1.82, 2.24) is 0 Å². The molecule has 19 nitrogen and oxygen atoms in total. The first-order valence-electron chi connectivity index (χ1n) is 25.0. The first-order chi connectivity index (χ1) is 34.8. The van der Waals surface area contributed by atoms with Crippen LogP contribution >= 0.6 is 34.8 Å². The smallest absolute Gasteiger partial charge is 0.163 e. The fourth-order valence-electron chi connectivity index (χ4n) is 5.03. The number of hydrogen-bond acceptors (Lipinski definition) is 19. The van der Waals surface area contributed by atoms with E-state index >= 15 is 0 Å². The van der Waals surface area contributed by atoms with E-state index in [2.05, 4.69) is 20.8 Å². The van der Waals surface area contributed by atoms with Crippen LogP contribution in [0.4, 0.5) is 0 Å². The minimum absolute atomic E-state index is 0.0351. The fraction of sp³-hybridized carbons (Fsp3) is 0.880. The van der Waals surface area contributed by atoms with Crippen LogP contribution in [-0.4, -0.2) is 234 Å². The second-order valence-corrected chi connectivity index (χ2v) is 17.1. The number of methoxy groups -OCH3 is 1. The Morgan fingerprint density at radius 1 is 0.528 bits per heavy atom. The summed E-state index contributed by atoms with van der Waals surface area (Å²) in [6, 6.07) is 7.70. The van der Waals surface area contributed by atoms with Gasteiger partial charge < -0.3 is 91.5 Å². The maximum atomic E-state index is 8.92. The summed E-state index contributed by atoms with van der Waals surface area (Å²) in [6.45, 7) is 26.2. The highest BCUT2D eigenvalue weighted by atomic mass is 35.5. The van der Waals surface area contributed by atoms with E-state index in [4.69, 9.17) is 126 Å². The molecule has 4 N–H and O–H groups in total. The van der Waals surface area contributed by atoms with Crippen molar-refractivity contribution in [3.8, 4) is 5.75 Å². The van der Waals surface area contributed by atoms with Gasteiger partial charge in [0, 0.05) is 37.5 Å². The van der Waals surface area contributed by atoms with E-state index < -0.39 is 17.7 Å². The van der Waals surface area contributed by atoms with Crippen LogP contribution in [0.3, 0.4) is 0 Å². The van der Waals surface area contributed by atoms with Gasteiger partial charge in [0.05, 0.1) is 152 Å². The lowest BCUT2D eigenvalue weighted by Crippen LogP contribution is -2.24. The van der Waals surface area contributed by atoms with E-state index in [1.807, 2.05) is 52.0 Å². The average molecular weight is 1110 g/mol. The molecule has 0 aromatic heterocycles. The van der Waals surface area contributed by atoms with E-state index in [-0.39, 0.29) is 38.6 Å². The minimum atomic E-state index is -0.794. The monoisotopic (exact) mass is 1110 g/mol. The molecule has 1 aromatic rings. The number of ether oxygens (including phenoxy) is 15. The highest BCUT2D eigenvalue weighted by Gasteiger charge is 2.33. The summed E-state index contributed by atoms with van der Waals surface area (Å²) in [4.78, 5) is 0. The predicted octanol–water partition coefficient (Wildman–Crippen LogP) is 5.88. The van der Waals surface area contributed by atoms with Crippen molar-refractivity contribution in [1.29, 1.82) is 0 Å². The number of benzene rings is 1. The maximum Gasteiger partial charge on any atom is 0.163 e. The van der Waals surface area contributed by atoms with E-state index in [9.17, 15) is 0 Å². The largest absolute Gasteiger partial charge is 0.497 e. The first-order valence-corrected chi connectivity index (χ1v) is 26.6. The molecule has 72 heavy (non-hydrogen) atoms. The van der Waals surface area contributed by atoms with Crippen LogP contribution in [0.1, 0.15) is 73.3 Å². The maximum absolute atomic E-state index is 8.92. The molecule has 2 heterocycles. The Morgan fingerprint density at radius 3 is 1.22 bits per heavy atom. The molecule has 2 aliphatic heterocycles. The van der Waals surface area contributed by atoms with E-state index in [1.54, 1.807) is 7.11 Å². The third kappa shape index (κ3) is 56.9. The molecule has 0 aliphatic carbocycles. The van der Waals surface area contributed by atoms with Crippen molar-refractivity contribution >= 4 is 34.8 Å². The van der Waals surface area contributed by atoms with Crippen LogP contribution < -0.4 is 4.74 Å². The van der Waals surface area contributed by atoms with Crippen molar-refractivity contribution < 1.29 is 91.5 Å². The first kappa shape index (κ1) is 75.4. The summed E-state index contributed by atoms with van der Waals surface area (Å²) in [7, 11) is 1.65. The van der Waals surface area contributed by atoms with Crippen LogP contribution in [0.25, 0.3) is 0 Å². The average Bonchev–Trinajstić information content (AvgIpc) is 3.94. The van der Waals surface area contributed by atoms with E-state index in [0.717, 1.165) is 50.4 Å². The summed E-state index contributed by atoms with van der Waals surface area (Å²) in [5.74, 6) is 1.54. The number of aliphatic hydroxyl groups is 4.